The van der Waals surface area contributed by atoms with Crippen molar-refractivity contribution in [3.8, 4) is 16.9 Å². The molecule has 30 heavy (non-hydrogen) atoms. The number of sulfonamides is 1. The van der Waals surface area contributed by atoms with Crippen LogP contribution in [0.25, 0.3) is 11.1 Å². The first-order chi connectivity index (χ1) is 14.4. The van der Waals surface area contributed by atoms with Gasteiger partial charge in [0.15, 0.2) is 0 Å². The van der Waals surface area contributed by atoms with Gasteiger partial charge in [-0.2, -0.15) is 0 Å². The van der Waals surface area contributed by atoms with Crippen LogP contribution in [0.2, 0.25) is 0 Å². The summed E-state index contributed by atoms with van der Waals surface area (Å²) in [4.78, 5) is 13.0. The molecule has 0 bridgehead atoms. The summed E-state index contributed by atoms with van der Waals surface area (Å²) < 4.78 is 31.4. The number of nitrogens with zero attached hydrogens (tertiary/aromatic N) is 1. The largest absolute Gasteiger partial charge is 0.496 e. The normalized spacial score (nSPS) is 13.1. The van der Waals surface area contributed by atoms with Crippen molar-refractivity contribution in [2.75, 3.05) is 29.5 Å². The van der Waals surface area contributed by atoms with E-state index in [-0.39, 0.29) is 5.91 Å². The second-order valence-corrected chi connectivity index (χ2v) is 9.04. The molecule has 1 amide bonds. The van der Waals surface area contributed by atoms with Gasteiger partial charge in [0.2, 0.25) is 10.0 Å². The van der Waals surface area contributed by atoms with E-state index in [0.29, 0.717) is 35.7 Å². The number of ether oxygens (including phenoxy) is 1. The zero-order valence-electron chi connectivity index (χ0n) is 16.8. The van der Waals surface area contributed by atoms with Gasteiger partial charge in [-0.3, -0.25) is 9.10 Å². The van der Waals surface area contributed by atoms with Crippen molar-refractivity contribution in [1.82, 2.24) is 0 Å². The third kappa shape index (κ3) is 3.76. The first-order valence-electron chi connectivity index (χ1n) is 9.53. The predicted octanol–water partition coefficient (Wildman–Crippen LogP) is 3.94. The summed E-state index contributed by atoms with van der Waals surface area (Å²) in [5.74, 6) is 0.0889. The maximum atomic E-state index is 13.0. The summed E-state index contributed by atoms with van der Waals surface area (Å²) in [7, 11) is -1.97. The highest BCUT2D eigenvalue weighted by atomic mass is 32.2. The van der Waals surface area contributed by atoms with Gasteiger partial charge in [0.25, 0.3) is 5.91 Å². The van der Waals surface area contributed by atoms with E-state index in [9.17, 15) is 13.2 Å². The average molecular weight is 423 g/mol. The Morgan fingerprint density at radius 1 is 1.00 bits per heavy atom. The molecule has 0 saturated heterocycles. The Bertz CT molecular complexity index is 1210. The Morgan fingerprint density at radius 2 is 1.70 bits per heavy atom. The number of nitrogens with one attached hydrogen (secondary N) is 1. The molecular formula is C23H22N2O4S. The van der Waals surface area contributed by atoms with Gasteiger partial charge in [0.05, 0.1) is 30.3 Å². The van der Waals surface area contributed by atoms with Gasteiger partial charge in [0, 0.05) is 6.54 Å². The second kappa shape index (κ2) is 7.84. The summed E-state index contributed by atoms with van der Waals surface area (Å²) in [6.45, 7) is 0.351. The Morgan fingerprint density at radius 3 is 2.40 bits per heavy atom. The third-order valence-corrected chi connectivity index (χ3v) is 6.30. The second-order valence-electron chi connectivity index (χ2n) is 7.14. The quantitative estimate of drug-likeness (QED) is 0.676. The van der Waals surface area contributed by atoms with Crippen LogP contribution in [-0.2, 0) is 16.4 Å². The van der Waals surface area contributed by atoms with Crippen LogP contribution in [0.15, 0.2) is 66.7 Å². The van der Waals surface area contributed by atoms with Crippen LogP contribution in [0.3, 0.4) is 0 Å². The molecule has 1 aliphatic rings. The van der Waals surface area contributed by atoms with E-state index in [1.807, 2.05) is 42.5 Å². The maximum Gasteiger partial charge on any atom is 0.259 e. The number of anilines is 2. The Labute approximate surface area is 176 Å². The lowest BCUT2D eigenvalue weighted by atomic mass is 10.00. The zero-order valence-corrected chi connectivity index (χ0v) is 17.6. The minimum absolute atomic E-state index is 0.351. The van der Waals surface area contributed by atoms with E-state index < -0.39 is 10.0 Å². The molecule has 154 valence electrons. The fourth-order valence-electron chi connectivity index (χ4n) is 3.76. The van der Waals surface area contributed by atoms with Crippen molar-refractivity contribution < 1.29 is 17.9 Å². The standard InChI is InChI=1S/C23H22N2O4S/c1-29-21-11-7-6-10-19(21)23(26)24-20-15-18(16-8-4-3-5-9-16)14-17-12-13-25(22(17)20)30(2,27)28/h3-11,14-15H,12-13H2,1-2H3,(H,24,26). The van der Waals surface area contributed by atoms with Crippen LogP contribution in [-0.4, -0.2) is 34.2 Å². The molecular weight excluding hydrogens is 400 g/mol. The van der Waals surface area contributed by atoms with E-state index in [2.05, 4.69) is 5.32 Å². The molecule has 0 spiro atoms. The van der Waals surface area contributed by atoms with Gasteiger partial charge in [-0.1, -0.05) is 42.5 Å². The molecule has 7 heteroatoms. The molecule has 3 aromatic carbocycles. The number of carbonyl (C=O) groups excluding carboxylic acids is 1. The van der Waals surface area contributed by atoms with Crippen molar-refractivity contribution in [2.45, 2.75) is 6.42 Å². The number of carbonyl (C=O) groups is 1. The lowest BCUT2D eigenvalue weighted by Gasteiger charge is -2.21. The van der Waals surface area contributed by atoms with Crippen molar-refractivity contribution in [3.63, 3.8) is 0 Å². The van der Waals surface area contributed by atoms with E-state index in [0.717, 1.165) is 16.7 Å². The number of para-hydroxylation sites is 1. The number of methoxy groups -OCH3 is 1. The predicted molar refractivity (Wildman–Crippen MR) is 119 cm³/mol. The topological polar surface area (TPSA) is 75.7 Å². The summed E-state index contributed by atoms with van der Waals surface area (Å²) in [5, 5.41) is 2.92. The highest BCUT2D eigenvalue weighted by Gasteiger charge is 2.30. The molecule has 3 aromatic rings. The fraction of sp³-hybridized carbons (Fsp3) is 0.174. The van der Waals surface area contributed by atoms with Crippen LogP contribution in [0.1, 0.15) is 15.9 Å². The number of benzene rings is 3. The molecule has 1 aliphatic heterocycles. The maximum absolute atomic E-state index is 13.0. The monoisotopic (exact) mass is 422 g/mol. The van der Waals surface area contributed by atoms with Gasteiger partial charge in [-0.05, 0) is 47.4 Å². The van der Waals surface area contributed by atoms with Gasteiger partial charge < -0.3 is 10.1 Å². The smallest absolute Gasteiger partial charge is 0.259 e. The summed E-state index contributed by atoms with van der Waals surface area (Å²) in [6.07, 6.45) is 1.76. The summed E-state index contributed by atoms with van der Waals surface area (Å²) in [6, 6.07) is 20.5. The number of amides is 1. The Balaban J connectivity index is 1.83. The number of fused-ring (bicyclic) bond motifs is 1. The fourth-order valence-corrected chi connectivity index (χ4v) is 4.73. The number of rotatable bonds is 5. The average Bonchev–Trinajstić information content (AvgIpc) is 3.19. The lowest BCUT2D eigenvalue weighted by molar-refractivity contribution is 0.102. The van der Waals surface area contributed by atoms with Gasteiger partial charge in [-0.15, -0.1) is 0 Å². The first-order valence-corrected chi connectivity index (χ1v) is 11.4. The van der Waals surface area contributed by atoms with Crippen molar-refractivity contribution >= 4 is 27.3 Å². The molecule has 0 unspecified atom stereocenters. The molecule has 6 nitrogen and oxygen atoms in total. The molecule has 1 heterocycles. The molecule has 4 rings (SSSR count). The van der Waals surface area contributed by atoms with Crippen molar-refractivity contribution in [3.05, 3.63) is 77.9 Å². The Hall–Kier alpha value is -3.32. The molecule has 1 N–H and O–H groups in total. The molecule has 0 saturated carbocycles. The van der Waals surface area contributed by atoms with E-state index >= 15 is 0 Å². The van der Waals surface area contributed by atoms with Gasteiger partial charge >= 0.3 is 0 Å². The summed E-state index contributed by atoms with van der Waals surface area (Å²) in [5.41, 5.74) is 4.16. The van der Waals surface area contributed by atoms with Crippen LogP contribution in [0.4, 0.5) is 11.4 Å². The van der Waals surface area contributed by atoms with Crippen molar-refractivity contribution in [1.29, 1.82) is 0 Å². The van der Waals surface area contributed by atoms with Gasteiger partial charge in [0.1, 0.15) is 5.75 Å². The molecule has 0 fully saturated rings. The van der Waals surface area contributed by atoms with Gasteiger partial charge in [-0.25, -0.2) is 8.42 Å². The van der Waals surface area contributed by atoms with E-state index in [4.69, 9.17) is 4.74 Å². The highest BCUT2D eigenvalue weighted by molar-refractivity contribution is 7.92. The SMILES string of the molecule is COc1ccccc1C(=O)Nc1cc(-c2ccccc2)cc2c1N(S(C)(=O)=O)CC2. The van der Waals surface area contributed by atoms with Crippen LogP contribution >= 0.6 is 0 Å². The Kier molecular flexibility index (Phi) is 5.22. The minimum atomic E-state index is -3.47. The van der Waals surface area contributed by atoms with E-state index in [1.54, 1.807) is 24.3 Å². The van der Waals surface area contributed by atoms with Crippen LogP contribution in [0.5, 0.6) is 5.75 Å². The van der Waals surface area contributed by atoms with Crippen molar-refractivity contribution in [2.24, 2.45) is 0 Å². The highest BCUT2D eigenvalue weighted by Crippen LogP contribution is 2.41. The third-order valence-electron chi connectivity index (χ3n) is 5.13. The molecule has 0 aliphatic carbocycles. The minimum Gasteiger partial charge on any atom is -0.496 e. The number of hydrogen-bond donors (Lipinski definition) is 1. The molecule has 0 radical (unpaired) electrons. The first kappa shape index (κ1) is 20.0. The van der Waals surface area contributed by atoms with Crippen LogP contribution in [0, 0.1) is 0 Å². The van der Waals surface area contributed by atoms with E-state index in [1.165, 1.54) is 17.7 Å². The lowest BCUT2D eigenvalue weighted by Crippen LogP contribution is -2.28. The summed E-state index contributed by atoms with van der Waals surface area (Å²) >= 11 is 0. The zero-order chi connectivity index (χ0) is 21.3. The molecule has 0 atom stereocenters. The molecule has 0 aromatic heterocycles. The van der Waals surface area contributed by atoms with Crippen LogP contribution < -0.4 is 14.4 Å². The number of hydrogen-bond acceptors (Lipinski definition) is 4.